The van der Waals surface area contributed by atoms with Gasteiger partial charge in [0, 0.05) is 42.4 Å². The molecule has 0 radical (unpaired) electrons. The molecule has 2 saturated heterocycles. The van der Waals surface area contributed by atoms with E-state index in [1.54, 1.807) is 16.7 Å². The second-order valence-electron chi connectivity index (χ2n) is 21.0. The van der Waals surface area contributed by atoms with E-state index in [-0.39, 0.29) is 113 Å². The lowest BCUT2D eigenvalue weighted by molar-refractivity contribution is -0.156. The van der Waals surface area contributed by atoms with E-state index in [2.05, 4.69) is 10.6 Å². The molecule has 9 fully saturated rings. The fraction of sp³-hybridized carbons (Fsp3) is 0.875. The molecule has 12 nitrogen and oxygen atoms in total. The molecular weight excluding hydrogens is 761 g/mol. The van der Waals surface area contributed by atoms with Gasteiger partial charge in [-0.25, -0.2) is 0 Å². The molecule has 12 atom stereocenters. The van der Waals surface area contributed by atoms with Crippen molar-refractivity contribution in [3.05, 3.63) is 0 Å². The molecule has 0 aromatic rings. The molecule has 5 amide bonds. The van der Waals surface area contributed by atoms with Gasteiger partial charge in [0.25, 0.3) is 0 Å². The number of carbonyl (C=O) groups excluding carboxylic acids is 6. The smallest absolute Gasteiger partial charge is 0.233 e. The summed E-state index contributed by atoms with van der Waals surface area (Å²) in [7, 11) is 1.98. The zero-order valence-corrected chi connectivity index (χ0v) is 36.4. The van der Waals surface area contributed by atoms with E-state index in [1.165, 1.54) is 25.7 Å². The molecule has 2 heterocycles. The molecule has 7 saturated carbocycles. The third-order valence-electron chi connectivity index (χ3n) is 17.6. The van der Waals surface area contributed by atoms with Crippen molar-refractivity contribution in [3.63, 3.8) is 0 Å². The van der Waals surface area contributed by atoms with Crippen molar-refractivity contribution < 1.29 is 38.2 Å². The third-order valence-corrected chi connectivity index (χ3v) is 17.6. The van der Waals surface area contributed by atoms with Crippen LogP contribution in [0.5, 0.6) is 0 Å². The number of nitrogens with zero attached hydrogens (tertiary/aromatic N) is 2. The van der Waals surface area contributed by atoms with Crippen molar-refractivity contribution in [1.82, 2.24) is 20.4 Å². The number of hydrogen-bond acceptors (Lipinski definition) is 9. The Labute approximate surface area is 357 Å². The molecule has 60 heavy (non-hydrogen) atoms. The molecule has 7 aliphatic carbocycles. The maximum absolute atomic E-state index is 13.9. The normalized spacial score (nSPS) is 43.6. The van der Waals surface area contributed by atoms with Gasteiger partial charge in [0.1, 0.15) is 5.78 Å². The molecule has 9 rings (SSSR count). The van der Waals surface area contributed by atoms with Crippen LogP contribution in [0.15, 0.2) is 0 Å². The highest BCUT2D eigenvalue weighted by molar-refractivity contribution is 6.06. The maximum atomic E-state index is 13.9. The predicted molar refractivity (Wildman–Crippen MR) is 223 cm³/mol. The zero-order valence-electron chi connectivity index (χ0n) is 36.4. The fourth-order valence-corrected chi connectivity index (χ4v) is 14.2. The third kappa shape index (κ3) is 8.52. The Kier molecular flexibility index (Phi) is 12.9. The summed E-state index contributed by atoms with van der Waals surface area (Å²) in [5.74, 6) is -0.318. The van der Waals surface area contributed by atoms with Gasteiger partial charge in [-0.3, -0.25) is 38.6 Å². The van der Waals surface area contributed by atoms with E-state index in [0.29, 0.717) is 56.4 Å². The number of carbonyl (C=O) groups is 6. The molecule has 2 aliphatic heterocycles. The Morgan fingerprint density at radius 2 is 1.07 bits per heavy atom. The van der Waals surface area contributed by atoms with Gasteiger partial charge in [-0.1, -0.05) is 12.8 Å². The molecule has 12 heteroatoms. The summed E-state index contributed by atoms with van der Waals surface area (Å²) in [4.78, 5) is 83.3. The van der Waals surface area contributed by atoms with E-state index in [9.17, 15) is 28.8 Å². The van der Waals surface area contributed by atoms with Crippen LogP contribution >= 0.6 is 0 Å². The number of ether oxygens (including phenoxy) is 2. The van der Waals surface area contributed by atoms with Gasteiger partial charge in [-0.05, 0) is 161 Å². The van der Waals surface area contributed by atoms with Crippen LogP contribution in [0.25, 0.3) is 0 Å². The first-order valence-electron chi connectivity index (χ1n) is 24.6. The van der Waals surface area contributed by atoms with Crippen LogP contribution < -0.4 is 10.6 Å². The van der Waals surface area contributed by atoms with Gasteiger partial charge in [0.05, 0.1) is 48.1 Å². The minimum absolute atomic E-state index is 0.00772. The molecule has 9 aliphatic rings. The van der Waals surface area contributed by atoms with Crippen LogP contribution in [0.4, 0.5) is 0 Å². The molecule has 0 aromatic carbocycles. The summed E-state index contributed by atoms with van der Waals surface area (Å²) in [6, 6.07) is 0.456. The number of amides is 5. The Morgan fingerprint density at radius 3 is 1.68 bits per heavy atom. The van der Waals surface area contributed by atoms with Crippen LogP contribution in [0.3, 0.4) is 0 Å². The molecule has 0 bridgehead atoms. The fourth-order valence-electron chi connectivity index (χ4n) is 14.2. The number of hydrogen-bond donors (Lipinski definition) is 2. The predicted octanol–water partition coefficient (Wildman–Crippen LogP) is 6.02. The summed E-state index contributed by atoms with van der Waals surface area (Å²) in [5.41, 5.74) is 0. The van der Waals surface area contributed by atoms with Gasteiger partial charge >= 0.3 is 0 Å². The van der Waals surface area contributed by atoms with Crippen molar-refractivity contribution in [3.8, 4) is 0 Å². The van der Waals surface area contributed by atoms with Crippen molar-refractivity contribution in [1.29, 1.82) is 0 Å². The average Bonchev–Trinajstić information content (AvgIpc) is 3.67. The second-order valence-corrected chi connectivity index (χ2v) is 21.0. The highest BCUT2D eigenvalue weighted by Crippen LogP contribution is 2.48. The van der Waals surface area contributed by atoms with Crippen LogP contribution in [-0.4, -0.2) is 101 Å². The second kappa shape index (κ2) is 18.2. The van der Waals surface area contributed by atoms with Gasteiger partial charge in [0.2, 0.25) is 29.5 Å². The first kappa shape index (κ1) is 42.6. The van der Waals surface area contributed by atoms with Gasteiger partial charge in [-0.15, -0.1) is 0 Å². The first-order chi connectivity index (χ1) is 29.1. The number of fused-ring (bicyclic) bond motifs is 3. The lowest BCUT2D eigenvalue weighted by Gasteiger charge is -2.47. The zero-order chi connectivity index (χ0) is 41.7. The topological polar surface area (TPSA) is 151 Å². The van der Waals surface area contributed by atoms with E-state index in [0.717, 1.165) is 89.9 Å². The van der Waals surface area contributed by atoms with Crippen molar-refractivity contribution in [2.75, 3.05) is 7.05 Å². The summed E-state index contributed by atoms with van der Waals surface area (Å²) < 4.78 is 14.0. The lowest BCUT2D eigenvalue weighted by atomic mass is 9.68. The summed E-state index contributed by atoms with van der Waals surface area (Å²) >= 11 is 0. The SMILES string of the molecule is CNC1CCCC(NC(=O)C2CCC3C(=O)N(C4CCC(OC5CC6CCCCC6C(OC6CCC(N7C(=O)C8CCC(C(C)=O)CC8C7=O)CC6)C5)CC4)C(=O)C3C2)C1. The molecule has 12 unspecified atom stereocenters. The van der Waals surface area contributed by atoms with Gasteiger partial charge in [-0.2, -0.15) is 0 Å². The number of ketones is 1. The molecular formula is C48H72N4O8. The Balaban J connectivity index is 0.748. The molecule has 0 aromatic heterocycles. The number of likely N-dealkylation sites (tertiary alicyclic amines) is 2. The van der Waals surface area contributed by atoms with E-state index >= 15 is 0 Å². The monoisotopic (exact) mass is 833 g/mol. The largest absolute Gasteiger partial charge is 0.375 e. The van der Waals surface area contributed by atoms with Gasteiger partial charge < -0.3 is 20.1 Å². The van der Waals surface area contributed by atoms with Crippen molar-refractivity contribution >= 4 is 35.3 Å². The summed E-state index contributed by atoms with van der Waals surface area (Å²) in [6.45, 7) is 1.61. The minimum Gasteiger partial charge on any atom is -0.375 e. The highest BCUT2D eigenvalue weighted by atomic mass is 16.5. The lowest BCUT2D eigenvalue weighted by Crippen LogP contribution is -2.48. The number of Topliss-reactive ketones (excluding diaryl/α,β-unsaturated/α-hetero) is 1. The number of rotatable bonds is 10. The Morgan fingerprint density at radius 1 is 0.517 bits per heavy atom. The van der Waals surface area contributed by atoms with Crippen LogP contribution in [-0.2, 0) is 38.2 Å². The Hall–Kier alpha value is -2.70. The average molecular weight is 833 g/mol. The van der Waals surface area contributed by atoms with Crippen LogP contribution in [0.2, 0.25) is 0 Å². The summed E-state index contributed by atoms with van der Waals surface area (Å²) in [5, 5.41) is 6.65. The van der Waals surface area contributed by atoms with E-state index in [4.69, 9.17) is 9.47 Å². The standard InChI is InChI=1S/C48H72N4O8/c1-27(53)28-10-20-39-41(23-28)47(57)51(45(39)55)34-14-18-36(19-15-34)60-43-26-37(22-29-6-3-4-9-38(29)43)59-35-16-12-33(13-17-35)52-46(56)40-21-11-30(24-42(40)48(52)58)44(54)50-32-8-5-7-31(25-32)49-2/h28-43,49H,3-26H2,1-2H3,(H,50,54). The molecule has 2 N–H and O–H groups in total. The van der Waals surface area contributed by atoms with E-state index < -0.39 is 0 Å². The van der Waals surface area contributed by atoms with Crippen LogP contribution in [0.1, 0.15) is 161 Å². The number of imide groups is 2. The Bertz CT molecular complexity index is 1640. The maximum Gasteiger partial charge on any atom is 0.233 e. The highest BCUT2D eigenvalue weighted by Gasteiger charge is 2.55. The minimum atomic E-state index is -0.374. The van der Waals surface area contributed by atoms with Crippen molar-refractivity contribution in [2.45, 2.75) is 210 Å². The van der Waals surface area contributed by atoms with Gasteiger partial charge in [0.15, 0.2) is 0 Å². The summed E-state index contributed by atoms with van der Waals surface area (Å²) in [6.07, 6.45) is 21.7. The van der Waals surface area contributed by atoms with Crippen molar-refractivity contribution in [2.24, 2.45) is 47.3 Å². The van der Waals surface area contributed by atoms with E-state index in [1.807, 2.05) is 7.05 Å². The van der Waals surface area contributed by atoms with Crippen LogP contribution in [0, 0.1) is 47.3 Å². The first-order valence-corrected chi connectivity index (χ1v) is 24.6. The molecule has 332 valence electrons. The number of nitrogens with one attached hydrogen (secondary N) is 2. The quantitative estimate of drug-likeness (QED) is 0.252. The molecule has 0 spiro atoms.